The van der Waals surface area contributed by atoms with Crippen LogP contribution >= 0.6 is 23.4 Å². The van der Waals surface area contributed by atoms with E-state index in [4.69, 9.17) is 11.6 Å². The molecule has 1 aliphatic heterocycles. The molecule has 28 heavy (non-hydrogen) atoms. The van der Waals surface area contributed by atoms with Gasteiger partial charge in [-0.1, -0.05) is 41.6 Å². The lowest BCUT2D eigenvalue weighted by molar-refractivity contribution is 0.0696. The zero-order chi connectivity index (χ0) is 19.8. The number of aromatic carboxylic acids is 1. The average Bonchev–Trinajstić information content (AvgIpc) is 2.78. The van der Waals surface area contributed by atoms with Crippen LogP contribution in [-0.2, 0) is 6.54 Å². The normalized spacial score (nSPS) is 12.9. The first-order valence-electron chi connectivity index (χ1n) is 8.34. The van der Waals surface area contributed by atoms with Crippen LogP contribution in [0.5, 0.6) is 0 Å². The number of nitrogens with zero attached hydrogens (tertiary/aromatic N) is 1. The van der Waals surface area contributed by atoms with Crippen LogP contribution in [0.2, 0.25) is 5.02 Å². The Morgan fingerprint density at radius 1 is 1.07 bits per heavy atom. The molecule has 0 atom stereocenters. The van der Waals surface area contributed by atoms with Crippen molar-refractivity contribution < 1.29 is 19.1 Å². The van der Waals surface area contributed by atoms with Crippen molar-refractivity contribution >= 4 is 40.9 Å². The van der Waals surface area contributed by atoms with Gasteiger partial charge in [-0.05, 0) is 48.0 Å². The summed E-state index contributed by atoms with van der Waals surface area (Å²) in [5.74, 6) is -1.82. The Morgan fingerprint density at radius 2 is 1.86 bits per heavy atom. The molecule has 0 spiro atoms. The van der Waals surface area contributed by atoms with Gasteiger partial charge in [-0.15, -0.1) is 0 Å². The largest absolute Gasteiger partial charge is 0.478 e. The van der Waals surface area contributed by atoms with E-state index in [2.05, 4.69) is 0 Å². The second-order valence-corrected chi connectivity index (χ2v) is 7.70. The van der Waals surface area contributed by atoms with Gasteiger partial charge in [-0.25, -0.2) is 9.18 Å². The van der Waals surface area contributed by atoms with Gasteiger partial charge in [0.05, 0.1) is 23.4 Å². The van der Waals surface area contributed by atoms with Gasteiger partial charge in [0.25, 0.3) is 5.91 Å². The van der Waals surface area contributed by atoms with Crippen molar-refractivity contribution in [3.8, 4) is 0 Å². The molecule has 7 heteroatoms. The monoisotopic (exact) mass is 413 g/mol. The molecular weight excluding hydrogens is 401 g/mol. The summed E-state index contributed by atoms with van der Waals surface area (Å²) in [7, 11) is 0. The average molecular weight is 414 g/mol. The van der Waals surface area contributed by atoms with Crippen LogP contribution in [0, 0.1) is 5.82 Å². The molecule has 0 saturated heterocycles. The van der Waals surface area contributed by atoms with Crippen molar-refractivity contribution in [1.29, 1.82) is 0 Å². The lowest BCUT2D eigenvalue weighted by atomic mass is 10.1. The molecule has 1 N–H and O–H groups in total. The van der Waals surface area contributed by atoms with Crippen LogP contribution in [0.25, 0.3) is 0 Å². The number of halogens is 2. The van der Waals surface area contributed by atoms with E-state index >= 15 is 0 Å². The maximum absolute atomic E-state index is 13.4. The molecule has 1 amide bonds. The number of benzene rings is 3. The van der Waals surface area contributed by atoms with Gasteiger partial charge in [-0.3, -0.25) is 4.79 Å². The van der Waals surface area contributed by atoms with Crippen LogP contribution in [-0.4, -0.2) is 17.0 Å². The molecule has 0 saturated carbocycles. The Morgan fingerprint density at radius 3 is 2.61 bits per heavy atom. The van der Waals surface area contributed by atoms with Gasteiger partial charge in [0.2, 0.25) is 0 Å². The van der Waals surface area contributed by atoms with E-state index in [-0.39, 0.29) is 23.0 Å². The smallest absolute Gasteiger partial charge is 0.335 e. The standard InChI is InChI=1S/C21H13ClFNO3S/c22-16-10-14(23)7-5-13(16)11-24-17-9-12(21(26)27)6-8-19(17)28-18-4-2-1-3-15(18)20(24)25/h1-10H,11H2,(H,26,27). The van der Waals surface area contributed by atoms with Crippen molar-refractivity contribution in [3.63, 3.8) is 0 Å². The van der Waals surface area contributed by atoms with E-state index in [1.54, 1.807) is 18.2 Å². The quantitative estimate of drug-likeness (QED) is 0.617. The van der Waals surface area contributed by atoms with Crippen molar-refractivity contribution in [2.45, 2.75) is 16.3 Å². The van der Waals surface area contributed by atoms with Gasteiger partial charge in [-0.2, -0.15) is 0 Å². The van der Waals surface area contributed by atoms with Crippen LogP contribution in [0.15, 0.2) is 70.5 Å². The molecule has 0 unspecified atom stereocenters. The Hall–Kier alpha value is -2.83. The summed E-state index contributed by atoms with van der Waals surface area (Å²) >= 11 is 7.57. The fourth-order valence-corrected chi connectivity index (χ4v) is 4.32. The summed E-state index contributed by atoms with van der Waals surface area (Å²) in [4.78, 5) is 27.8. The third-order valence-electron chi connectivity index (χ3n) is 4.42. The molecular formula is C21H13ClFNO3S. The van der Waals surface area contributed by atoms with Crippen LogP contribution in [0.4, 0.5) is 10.1 Å². The molecule has 3 aromatic rings. The molecule has 0 fully saturated rings. The number of amides is 1. The number of carboxylic acid groups (broad SMARTS) is 1. The second-order valence-electron chi connectivity index (χ2n) is 6.21. The third kappa shape index (κ3) is 3.37. The van der Waals surface area contributed by atoms with Crippen LogP contribution in [0.3, 0.4) is 0 Å². The summed E-state index contributed by atoms with van der Waals surface area (Å²) in [6, 6.07) is 15.9. The van der Waals surface area contributed by atoms with E-state index in [0.717, 1.165) is 9.79 Å². The third-order valence-corrected chi connectivity index (χ3v) is 5.92. The Labute approximate surface area is 169 Å². The molecule has 4 rings (SSSR count). The molecule has 4 nitrogen and oxygen atoms in total. The van der Waals surface area contributed by atoms with Gasteiger partial charge >= 0.3 is 5.97 Å². The maximum Gasteiger partial charge on any atom is 0.335 e. The van der Waals surface area contributed by atoms with Gasteiger partial charge < -0.3 is 10.0 Å². The molecule has 0 aliphatic carbocycles. The Balaban J connectivity index is 1.88. The summed E-state index contributed by atoms with van der Waals surface area (Å²) in [5, 5.41) is 9.58. The second kappa shape index (κ2) is 7.30. The zero-order valence-electron chi connectivity index (χ0n) is 14.4. The minimum Gasteiger partial charge on any atom is -0.478 e. The molecule has 140 valence electrons. The molecule has 0 aromatic heterocycles. The summed E-state index contributed by atoms with van der Waals surface area (Å²) in [5.41, 5.74) is 1.63. The first-order valence-corrected chi connectivity index (χ1v) is 9.53. The van der Waals surface area contributed by atoms with Crippen LogP contribution in [0.1, 0.15) is 26.3 Å². The van der Waals surface area contributed by atoms with Gasteiger partial charge in [0.1, 0.15) is 5.82 Å². The number of carbonyl (C=O) groups is 2. The van der Waals surface area contributed by atoms with E-state index < -0.39 is 11.8 Å². The highest BCUT2D eigenvalue weighted by molar-refractivity contribution is 7.99. The highest BCUT2D eigenvalue weighted by Gasteiger charge is 2.28. The summed E-state index contributed by atoms with van der Waals surface area (Å²) < 4.78 is 13.4. The first-order chi connectivity index (χ1) is 13.4. The maximum atomic E-state index is 13.4. The Bertz CT molecular complexity index is 1120. The number of carboxylic acids is 1. The van der Waals surface area contributed by atoms with E-state index in [1.807, 2.05) is 12.1 Å². The van der Waals surface area contributed by atoms with Crippen molar-refractivity contribution in [1.82, 2.24) is 0 Å². The molecule has 0 bridgehead atoms. The van der Waals surface area contributed by atoms with Gasteiger partial charge in [0, 0.05) is 14.8 Å². The van der Waals surface area contributed by atoms with E-state index in [9.17, 15) is 19.1 Å². The SMILES string of the molecule is O=C(O)c1ccc2c(c1)N(Cc1ccc(F)cc1Cl)C(=O)c1ccccc1S2. The van der Waals surface area contributed by atoms with Crippen LogP contribution < -0.4 is 4.90 Å². The fourth-order valence-electron chi connectivity index (χ4n) is 3.03. The Kier molecular flexibility index (Phi) is 4.83. The minimum absolute atomic E-state index is 0.0771. The van der Waals surface area contributed by atoms with Crippen molar-refractivity contribution in [3.05, 3.63) is 88.2 Å². The minimum atomic E-state index is -1.08. The topological polar surface area (TPSA) is 57.6 Å². The number of hydrogen-bond donors (Lipinski definition) is 1. The number of anilines is 1. The number of hydrogen-bond acceptors (Lipinski definition) is 3. The number of fused-ring (bicyclic) bond motifs is 2. The van der Waals surface area contributed by atoms with E-state index in [0.29, 0.717) is 16.8 Å². The highest BCUT2D eigenvalue weighted by Crippen LogP contribution is 2.42. The molecule has 1 aliphatic rings. The predicted octanol–water partition coefficient (Wildman–Crippen LogP) is 5.49. The highest BCUT2D eigenvalue weighted by atomic mass is 35.5. The number of carbonyl (C=O) groups excluding carboxylic acids is 1. The van der Waals surface area contributed by atoms with Crippen molar-refractivity contribution in [2.75, 3.05) is 4.90 Å². The fraction of sp³-hybridized carbons (Fsp3) is 0.0476. The van der Waals surface area contributed by atoms with Crippen molar-refractivity contribution in [2.24, 2.45) is 0 Å². The lowest BCUT2D eigenvalue weighted by Gasteiger charge is -2.24. The summed E-state index contributed by atoms with van der Waals surface area (Å²) in [6.45, 7) is 0.0862. The molecule has 3 aromatic carbocycles. The van der Waals surface area contributed by atoms with E-state index in [1.165, 1.54) is 47.0 Å². The number of rotatable bonds is 3. The molecule has 0 radical (unpaired) electrons. The summed E-state index contributed by atoms with van der Waals surface area (Å²) in [6.07, 6.45) is 0. The lowest BCUT2D eigenvalue weighted by Crippen LogP contribution is -2.30. The van der Waals surface area contributed by atoms with Gasteiger partial charge in [0.15, 0.2) is 0 Å². The molecule has 1 heterocycles. The first kappa shape index (κ1) is 18.5. The zero-order valence-corrected chi connectivity index (χ0v) is 15.9. The predicted molar refractivity (Wildman–Crippen MR) is 106 cm³/mol.